The van der Waals surface area contributed by atoms with Crippen LogP contribution in [0.5, 0.6) is 0 Å². The molecule has 0 atom stereocenters. The third-order valence-electron chi connectivity index (χ3n) is 4.39. The van der Waals surface area contributed by atoms with E-state index in [9.17, 15) is 9.18 Å². The maximum atomic E-state index is 14.2. The number of carbonyl (C=O) groups is 1. The number of aromatic nitrogens is 2. The average molecular weight is 371 g/mol. The number of hydrogen-bond acceptors (Lipinski definition) is 3. The molecule has 0 amide bonds. The molecule has 0 aliphatic rings. The molecule has 4 aromatic rings. The Morgan fingerprint density at radius 1 is 0.893 bits per heavy atom. The van der Waals surface area contributed by atoms with Crippen LogP contribution in [0.3, 0.4) is 0 Å². The Bertz CT molecular complexity index is 1090. The van der Waals surface area contributed by atoms with Crippen molar-refractivity contribution in [3.05, 3.63) is 108 Å². The predicted octanol–water partition coefficient (Wildman–Crippen LogP) is 4.99. The molecule has 1 aromatic heterocycles. The van der Waals surface area contributed by atoms with E-state index in [1.54, 1.807) is 18.2 Å². The average Bonchev–Trinajstić information content (AvgIpc) is 3.18. The first-order chi connectivity index (χ1) is 13.7. The van der Waals surface area contributed by atoms with Crippen molar-refractivity contribution in [3.63, 3.8) is 0 Å². The summed E-state index contributed by atoms with van der Waals surface area (Å²) in [5.74, 6) is -0.579. The highest BCUT2D eigenvalue weighted by Gasteiger charge is 2.19. The lowest BCUT2D eigenvalue weighted by Crippen LogP contribution is -2.18. The summed E-state index contributed by atoms with van der Waals surface area (Å²) in [7, 11) is 0. The van der Waals surface area contributed by atoms with Crippen molar-refractivity contribution in [3.8, 4) is 11.3 Å². The fourth-order valence-electron chi connectivity index (χ4n) is 2.95. The second kappa shape index (κ2) is 7.88. The largest absolute Gasteiger partial charge is 0.366 e. The van der Waals surface area contributed by atoms with Gasteiger partial charge in [0.05, 0.1) is 11.3 Å². The quantitative estimate of drug-likeness (QED) is 0.538. The van der Waals surface area contributed by atoms with Gasteiger partial charge < -0.3 is 5.32 Å². The Morgan fingerprint density at radius 3 is 2.25 bits per heavy atom. The van der Waals surface area contributed by atoms with Gasteiger partial charge in [0, 0.05) is 18.2 Å². The predicted molar refractivity (Wildman–Crippen MR) is 108 cm³/mol. The molecular weight excluding hydrogens is 353 g/mol. The molecule has 0 aliphatic carbocycles. The number of nitrogens with zero attached hydrogens (tertiary/aromatic N) is 2. The third kappa shape index (κ3) is 3.69. The van der Waals surface area contributed by atoms with E-state index in [2.05, 4.69) is 10.4 Å². The van der Waals surface area contributed by atoms with Crippen molar-refractivity contribution in [1.29, 1.82) is 0 Å². The molecule has 0 bridgehead atoms. The smallest absolute Gasteiger partial charge is 0.283 e. The first-order valence-electron chi connectivity index (χ1n) is 8.95. The fourth-order valence-corrected chi connectivity index (χ4v) is 2.95. The fraction of sp³-hybridized carbons (Fsp3) is 0.0435. The van der Waals surface area contributed by atoms with E-state index in [4.69, 9.17) is 0 Å². The summed E-state index contributed by atoms with van der Waals surface area (Å²) >= 11 is 0. The van der Waals surface area contributed by atoms with Crippen LogP contribution in [0.2, 0.25) is 0 Å². The van der Waals surface area contributed by atoms with Gasteiger partial charge in [-0.1, -0.05) is 72.8 Å². The zero-order valence-corrected chi connectivity index (χ0v) is 15.0. The van der Waals surface area contributed by atoms with Crippen LogP contribution in [-0.4, -0.2) is 15.7 Å². The molecule has 4 nitrogen and oxygen atoms in total. The van der Waals surface area contributed by atoms with Gasteiger partial charge in [-0.25, -0.2) is 4.39 Å². The SMILES string of the molecule is O=C(c1ccccc1F)n1nc(-c2ccccc2)cc1NCc1ccccc1. The van der Waals surface area contributed by atoms with Crippen LogP contribution in [0.4, 0.5) is 10.2 Å². The molecule has 4 rings (SSSR count). The molecule has 0 aliphatic heterocycles. The van der Waals surface area contributed by atoms with Crippen molar-refractivity contribution < 1.29 is 9.18 Å². The van der Waals surface area contributed by atoms with Gasteiger partial charge in [0.1, 0.15) is 11.6 Å². The van der Waals surface area contributed by atoms with Gasteiger partial charge in [0.25, 0.3) is 5.91 Å². The lowest BCUT2D eigenvalue weighted by atomic mass is 10.1. The summed E-state index contributed by atoms with van der Waals surface area (Å²) in [6.45, 7) is 0.519. The van der Waals surface area contributed by atoms with E-state index in [-0.39, 0.29) is 5.56 Å². The van der Waals surface area contributed by atoms with Crippen LogP contribution in [0.15, 0.2) is 91.0 Å². The monoisotopic (exact) mass is 371 g/mol. The molecule has 3 aromatic carbocycles. The van der Waals surface area contributed by atoms with Crippen LogP contribution >= 0.6 is 0 Å². The standard InChI is InChI=1S/C23H18FN3O/c24-20-14-8-7-13-19(20)23(28)27-22(25-16-17-9-3-1-4-10-17)15-21(26-27)18-11-5-2-6-12-18/h1-15,25H,16H2. The molecule has 0 fully saturated rings. The topological polar surface area (TPSA) is 46.9 Å². The normalized spacial score (nSPS) is 10.6. The van der Waals surface area contributed by atoms with Gasteiger partial charge >= 0.3 is 0 Å². The lowest BCUT2D eigenvalue weighted by molar-refractivity contribution is 0.0944. The second-order valence-electron chi connectivity index (χ2n) is 6.32. The van der Waals surface area contributed by atoms with Crippen molar-refractivity contribution in [2.45, 2.75) is 6.54 Å². The number of hydrogen-bond donors (Lipinski definition) is 1. The Labute approximate surface area is 162 Å². The van der Waals surface area contributed by atoms with Gasteiger partial charge in [-0.05, 0) is 17.7 Å². The van der Waals surface area contributed by atoms with Gasteiger partial charge in [-0.3, -0.25) is 4.79 Å². The minimum Gasteiger partial charge on any atom is -0.366 e. The minimum absolute atomic E-state index is 0.0204. The molecule has 5 heteroatoms. The third-order valence-corrected chi connectivity index (χ3v) is 4.39. The Balaban J connectivity index is 1.71. The maximum absolute atomic E-state index is 14.2. The Kier molecular flexibility index (Phi) is 4.97. The lowest BCUT2D eigenvalue weighted by Gasteiger charge is -2.09. The van der Waals surface area contributed by atoms with E-state index >= 15 is 0 Å². The summed E-state index contributed by atoms with van der Waals surface area (Å²) in [5, 5.41) is 7.70. The maximum Gasteiger partial charge on any atom is 0.283 e. The highest BCUT2D eigenvalue weighted by molar-refractivity contribution is 5.98. The van der Waals surface area contributed by atoms with Gasteiger partial charge in [-0.15, -0.1) is 0 Å². The van der Waals surface area contributed by atoms with Crippen molar-refractivity contribution in [2.75, 3.05) is 5.32 Å². The molecule has 28 heavy (non-hydrogen) atoms. The zero-order valence-electron chi connectivity index (χ0n) is 15.0. The first kappa shape index (κ1) is 17.7. The highest BCUT2D eigenvalue weighted by atomic mass is 19.1. The van der Waals surface area contributed by atoms with Crippen LogP contribution in [0, 0.1) is 5.82 Å². The van der Waals surface area contributed by atoms with E-state index in [1.807, 2.05) is 60.7 Å². The molecule has 0 saturated heterocycles. The van der Waals surface area contributed by atoms with Crippen LogP contribution in [-0.2, 0) is 6.54 Å². The zero-order chi connectivity index (χ0) is 19.3. The van der Waals surface area contributed by atoms with Crippen molar-refractivity contribution >= 4 is 11.7 Å². The first-order valence-corrected chi connectivity index (χ1v) is 8.95. The summed E-state index contributed by atoms with van der Waals surface area (Å²) in [5.41, 5.74) is 2.56. The molecule has 1 N–H and O–H groups in total. The van der Waals surface area contributed by atoms with E-state index in [0.717, 1.165) is 11.1 Å². The number of carbonyl (C=O) groups excluding carboxylic acids is 1. The second-order valence-corrected chi connectivity index (χ2v) is 6.32. The van der Waals surface area contributed by atoms with Crippen LogP contribution < -0.4 is 5.32 Å². The highest BCUT2D eigenvalue weighted by Crippen LogP contribution is 2.23. The van der Waals surface area contributed by atoms with E-state index in [1.165, 1.54) is 16.8 Å². The van der Waals surface area contributed by atoms with Crippen LogP contribution in [0.1, 0.15) is 15.9 Å². The van der Waals surface area contributed by atoms with Crippen LogP contribution in [0.25, 0.3) is 11.3 Å². The number of rotatable bonds is 5. The molecule has 0 saturated carbocycles. The Hall–Kier alpha value is -3.73. The minimum atomic E-state index is -0.571. The van der Waals surface area contributed by atoms with Gasteiger partial charge in [0.2, 0.25) is 0 Å². The molecular formula is C23H18FN3O. The molecule has 138 valence electrons. The Morgan fingerprint density at radius 2 is 1.54 bits per heavy atom. The molecule has 0 spiro atoms. The molecule has 0 unspecified atom stereocenters. The number of nitrogens with one attached hydrogen (secondary N) is 1. The van der Waals surface area contributed by atoms with Crippen molar-refractivity contribution in [2.24, 2.45) is 0 Å². The molecule has 1 heterocycles. The van der Waals surface area contributed by atoms with Gasteiger partial charge in [-0.2, -0.15) is 9.78 Å². The summed E-state index contributed by atoms with van der Waals surface area (Å²) in [4.78, 5) is 13.0. The van der Waals surface area contributed by atoms with E-state index in [0.29, 0.717) is 18.1 Å². The van der Waals surface area contributed by atoms with Crippen molar-refractivity contribution in [1.82, 2.24) is 9.78 Å². The van der Waals surface area contributed by atoms with Gasteiger partial charge in [0.15, 0.2) is 0 Å². The number of benzene rings is 3. The summed E-state index contributed by atoms with van der Waals surface area (Å²) < 4.78 is 15.4. The summed E-state index contributed by atoms with van der Waals surface area (Å²) in [6, 6.07) is 27.1. The number of halogens is 1. The number of anilines is 1. The summed E-state index contributed by atoms with van der Waals surface area (Å²) in [6.07, 6.45) is 0. The van der Waals surface area contributed by atoms with E-state index < -0.39 is 11.7 Å². The molecule has 0 radical (unpaired) electrons.